The van der Waals surface area contributed by atoms with E-state index in [1.165, 1.54) is 0 Å². The third-order valence-electron chi connectivity index (χ3n) is 2.67. The summed E-state index contributed by atoms with van der Waals surface area (Å²) in [5, 5.41) is 3.98. The van der Waals surface area contributed by atoms with E-state index < -0.39 is 10.0 Å². The van der Waals surface area contributed by atoms with Crippen molar-refractivity contribution in [2.75, 3.05) is 0 Å². The number of nitrogens with two attached hydrogens (primary N) is 1. The molecule has 0 fully saturated rings. The maximum absolute atomic E-state index is 12.1. The van der Waals surface area contributed by atoms with Crippen molar-refractivity contribution in [3.8, 4) is 0 Å². The van der Waals surface area contributed by atoms with Crippen LogP contribution in [-0.2, 0) is 30.2 Å². The zero-order valence-electron chi connectivity index (χ0n) is 10.6. The Morgan fingerprint density at radius 1 is 1.37 bits per heavy atom. The summed E-state index contributed by atoms with van der Waals surface area (Å²) in [6.45, 7) is 0.523. The fraction of sp³-hybridized carbons (Fsp3) is 0.250. The fourth-order valence-electron chi connectivity index (χ4n) is 1.66. The van der Waals surface area contributed by atoms with E-state index in [2.05, 4.69) is 9.82 Å². The molecule has 0 saturated carbocycles. The number of aryl methyl sites for hydroxylation is 1. The van der Waals surface area contributed by atoms with Crippen LogP contribution in [0.5, 0.6) is 0 Å². The van der Waals surface area contributed by atoms with Gasteiger partial charge in [-0.2, -0.15) is 5.10 Å². The molecular weight excluding hydrogens is 264 g/mol. The lowest BCUT2D eigenvalue weighted by Gasteiger charge is -2.06. The molecule has 2 rings (SSSR count). The highest BCUT2D eigenvalue weighted by molar-refractivity contribution is 7.89. The van der Waals surface area contributed by atoms with E-state index >= 15 is 0 Å². The van der Waals surface area contributed by atoms with E-state index in [1.54, 1.807) is 48.4 Å². The number of rotatable bonds is 5. The Morgan fingerprint density at radius 3 is 2.79 bits per heavy atom. The van der Waals surface area contributed by atoms with Gasteiger partial charge in [0.25, 0.3) is 0 Å². The third-order valence-corrected chi connectivity index (χ3v) is 4.07. The second kappa shape index (κ2) is 5.52. The SMILES string of the molecule is Cn1cc(CNS(=O)(=O)c2cccc(CN)c2)cn1. The third kappa shape index (κ3) is 3.40. The van der Waals surface area contributed by atoms with Crippen LogP contribution in [0.3, 0.4) is 0 Å². The molecule has 2 aromatic rings. The summed E-state index contributed by atoms with van der Waals surface area (Å²) in [4.78, 5) is 0.222. The molecule has 0 spiro atoms. The molecule has 1 aromatic carbocycles. The van der Waals surface area contributed by atoms with Gasteiger partial charge in [-0.25, -0.2) is 13.1 Å². The van der Waals surface area contributed by atoms with Gasteiger partial charge in [-0.3, -0.25) is 4.68 Å². The van der Waals surface area contributed by atoms with Crippen LogP contribution < -0.4 is 10.5 Å². The van der Waals surface area contributed by atoms with Crippen molar-refractivity contribution in [3.63, 3.8) is 0 Å². The number of aromatic nitrogens is 2. The van der Waals surface area contributed by atoms with Gasteiger partial charge in [-0.1, -0.05) is 12.1 Å². The first kappa shape index (κ1) is 13.7. The number of hydrogen-bond acceptors (Lipinski definition) is 4. The van der Waals surface area contributed by atoms with Crippen LogP contribution in [0.4, 0.5) is 0 Å². The van der Waals surface area contributed by atoms with Crippen molar-refractivity contribution in [1.82, 2.24) is 14.5 Å². The molecule has 0 aliphatic rings. The largest absolute Gasteiger partial charge is 0.326 e. The zero-order chi connectivity index (χ0) is 13.9. The van der Waals surface area contributed by atoms with Gasteiger partial charge in [-0.15, -0.1) is 0 Å². The number of nitrogens with zero attached hydrogens (tertiary/aromatic N) is 2. The summed E-state index contributed by atoms with van der Waals surface area (Å²) in [7, 11) is -1.74. The van der Waals surface area contributed by atoms with E-state index in [1.807, 2.05) is 0 Å². The molecular formula is C12H16N4O2S. The van der Waals surface area contributed by atoms with E-state index in [-0.39, 0.29) is 11.4 Å². The Morgan fingerprint density at radius 2 is 2.16 bits per heavy atom. The molecule has 7 heteroatoms. The van der Waals surface area contributed by atoms with Gasteiger partial charge in [0, 0.05) is 31.9 Å². The molecule has 102 valence electrons. The second-order valence-corrected chi connectivity index (χ2v) is 5.97. The number of benzene rings is 1. The zero-order valence-corrected chi connectivity index (χ0v) is 11.4. The van der Waals surface area contributed by atoms with Gasteiger partial charge in [0.15, 0.2) is 0 Å². The van der Waals surface area contributed by atoms with Crippen molar-refractivity contribution in [3.05, 3.63) is 47.8 Å². The van der Waals surface area contributed by atoms with Gasteiger partial charge in [0.2, 0.25) is 10.0 Å². The highest BCUT2D eigenvalue weighted by Crippen LogP contribution is 2.11. The monoisotopic (exact) mass is 280 g/mol. The highest BCUT2D eigenvalue weighted by atomic mass is 32.2. The van der Waals surface area contributed by atoms with Gasteiger partial charge < -0.3 is 5.73 Å². The molecule has 19 heavy (non-hydrogen) atoms. The van der Waals surface area contributed by atoms with Crippen LogP contribution in [0, 0.1) is 0 Å². The van der Waals surface area contributed by atoms with Crippen LogP contribution >= 0.6 is 0 Å². The summed E-state index contributed by atoms with van der Waals surface area (Å²) in [5.41, 5.74) is 7.09. The molecule has 0 unspecified atom stereocenters. The normalized spacial score (nSPS) is 11.7. The minimum atomic E-state index is -3.52. The summed E-state index contributed by atoms with van der Waals surface area (Å²) in [6, 6.07) is 6.59. The van der Waals surface area contributed by atoms with Gasteiger partial charge in [0.1, 0.15) is 0 Å². The van der Waals surface area contributed by atoms with Crippen LogP contribution in [-0.4, -0.2) is 18.2 Å². The Hall–Kier alpha value is -1.70. The second-order valence-electron chi connectivity index (χ2n) is 4.20. The first-order valence-corrected chi connectivity index (χ1v) is 7.26. The van der Waals surface area contributed by atoms with Crippen molar-refractivity contribution in [1.29, 1.82) is 0 Å². The molecule has 0 bridgehead atoms. The smallest absolute Gasteiger partial charge is 0.240 e. The Bertz CT molecular complexity index is 664. The van der Waals surface area contributed by atoms with E-state index in [4.69, 9.17) is 5.73 Å². The first-order valence-electron chi connectivity index (χ1n) is 5.77. The molecule has 1 heterocycles. The molecule has 0 atom stereocenters. The van der Waals surface area contributed by atoms with E-state index in [9.17, 15) is 8.42 Å². The molecule has 0 aliphatic heterocycles. The van der Waals surface area contributed by atoms with Gasteiger partial charge >= 0.3 is 0 Å². The molecule has 0 aliphatic carbocycles. The van der Waals surface area contributed by atoms with Crippen LogP contribution in [0.25, 0.3) is 0 Å². The van der Waals surface area contributed by atoms with E-state index in [0.717, 1.165) is 11.1 Å². The topological polar surface area (TPSA) is 90.0 Å². The summed E-state index contributed by atoms with van der Waals surface area (Å²) < 4.78 is 28.4. The molecule has 6 nitrogen and oxygen atoms in total. The lowest BCUT2D eigenvalue weighted by molar-refractivity contribution is 0.581. The highest BCUT2D eigenvalue weighted by Gasteiger charge is 2.14. The standard InChI is InChI=1S/C12H16N4O2S/c1-16-9-11(7-14-16)8-15-19(17,18)12-4-2-3-10(5-12)6-13/h2-5,7,9,15H,6,8,13H2,1H3. The predicted octanol–water partition coefficient (Wildman–Crippen LogP) is 0.357. The van der Waals surface area contributed by atoms with Crippen molar-refractivity contribution in [2.24, 2.45) is 12.8 Å². The molecule has 3 N–H and O–H groups in total. The minimum Gasteiger partial charge on any atom is -0.326 e. The van der Waals surface area contributed by atoms with Gasteiger partial charge in [-0.05, 0) is 17.7 Å². The molecule has 0 saturated heterocycles. The lowest BCUT2D eigenvalue weighted by atomic mass is 10.2. The number of nitrogens with one attached hydrogen (secondary N) is 1. The maximum Gasteiger partial charge on any atom is 0.240 e. The number of hydrogen-bond donors (Lipinski definition) is 2. The summed E-state index contributed by atoms with van der Waals surface area (Å²) >= 11 is 0. The van der Waals surface area contributed by atoms with Crippen LogP contribution in [0.1, 0.15) is 11.1 Å². The van der Waals surface area contributed by atoms with Crippen LogP contribution in [0.15, 0.2) is 41.6 Å². The molecule has 0 radical (unpaired) electrons. The average Bonchev–Trinajstić information content (AvgIpc) is 2.82. The quantitative estimate of drug-likeness (QED) is 0.827. The molecule has 1 aromatic heterocycles. The Balaban J connectivity index is 2.13. The van der Waals surface area contributed by atoms with Gasteiger partial charge in [0.05, 0.1) is 11.1 Å². The maximum atomic E-state index is 12.1. The first-order chi connectivity index (χ1) is 9.01. The van der Waals surface area contributed by atoms with Crippen molar-refractivity contribution < 1.29 is 8.42 Å². The number of sulfonamides is 1. The van der Waals surface area contributed by atoms with Crippen molar-refractivity contribution in [2.45, 2.75) is 18.0 Å². The summed E-state index contributed by atoms with van der Waals surface area (Å²) in [6.07, 6.45) is 3.39. The fourth-order valence-corrected chi connectivity index (χ4v) is 2.75. The average molecular weight is 280 g/mol. The predicted molar refractivity (Wildman–Crippen MR) is 71.6 cm³/mol. The van der Waals surface area contributed by atoms with E-state index in [0.29, 0.717) is 6.54 Å². The lowest BCUT2D eigenvalue weighted by Crippen LogP contribution is -2.23. The summed E-state index contributed by atoms with van der Waals surface area (Å²) in [5.74, 6) is 0. The molecule has 0 amide bonds. The van der Waals surface area contributed by atoms with Crippen LogP contribution in [0.2, 0.25) is 0 Å². The Labute approximate surface area is 112 Å². The van der Waals surface area contributed by atoms with Crippen molar-refractivity contribution >= 4 is 10.0 Å². The minimum absolute atomic E-state index is 0.211. The Kier molecular flexibility index (Phi) is 3.98.